The molecule has 2 heterocycles. The van der Waals surface area contributed by atoms with E-state index in [0.29, 0.717) is 19.7 Å². The van der Waals surface area contributed by atoms with E-state index in [1.165, 1.54) is 0 Å². The molecule has 1 aliphatic rings. The van der Waals surface area contributed by atoms with Gasteiger partial charge in [0.1, 0.15) is 12.4 Å². The second-order valence-corrected chi connectivity index (χ2v) is 3.52. The Kier molecular flexibility index (Phi) is 2.91. The lowest BCUT2D eigenvalue weighted by Crippen LogP contribution is -2.34. The van der Waals surface area contributed by atoms with Crippen LogP contribution in [0.5, 0.6) is 0 Å². The lowest BCUT2D eigenvalue weighted by atomic mass is 10.2. The number of nitrogens with zero attached hydrogens (tertiary/aromatic N) is 1. The number of carbonyl (C=O) groups is 1. The van der Waals surface area contributed by atoms with E-state index in [9.17, 15) is 4.79 Å². The molecule has 0 bridgehead atoms. The summed E-state index contributed by atoms with van der Waals surface area (Å²) in [5.74, 6) is 0.760. The van der Waals surface area contributed by atoms with Gasteiger partial charge in [-0.05, 0) is 25.1 Å². The molecule has 2 N–H and O–H groups in total. The SMILES string of the molecule is NCCC1COC(=O)N1Cc1ccco1. The molecule has 1 saturated heterocycles. The monoisotopic (exact) mass is 210 g/mol. The van der Waals surface area contributed by atoms with Crippen LogP contribution in [0.15, 0.2) is 22.8 Å². The second kappa shape index (κ2) is 4.35. The van der Waals surface area contributed by atoms with Crippen molar-refractivity contribution in [1.29, 1.82) is 0 Å². The first-order valence-corrected chi connectivity index (χ1v) is 4.97. The minimum atomic E-state index is -0.287. The van der Waals surface area contributed by atoms with Crippen molar-refractivity contribution < 1.29 is 13.9 Å². The fraction of sp³-hybridized carbons (Fsp3) is 0.500. The van der Waals surface area contributed by atoms with E-state index in [1.54, 1.807) is 17.2 Å². The fourth-order valence-electron chi connectivity index (χ4n) is 1.69. The number of rotatable bonds is 4. The predicted molar refractivity (Wildman–Crippen MR) is 53.1 cm³/mol. The van der Waals surface area contributed by atoms with E-state index in [0.717, 1.165) is 12.2 Å². The van der Waals surface area contributed by atoms with Crippen molar-refractivity contribution in [2.75, 3.05) is 13.2 Å². The molecule has 0 spiro atoms. The molecule has 5 heteroatoms. The van der Waals surface area contributed by atoms with Crippen molar-refractivity contribution in [3.63, 3.8) is 0 Å². The van der Waals surface area contributed by atoms with Crippen LogP contribution in [0.4, 0.5) is 4.79 Å². The Balaban J connectivity index is 2.01. The predicted octanol–water partition coefficient (Wildman–Crippen LogP) is 0.949. The van der Waals surface area contributed by atoms with Crippen LogP contribution in [0.3, 0.4) is 0 Å². The van der Waals surface area contributed by atoms with Gasteiger partial charge in [0.05, 0.1) is 18.8 Å². The van der Waals surface area contributed by atoms with Gasteiger partial charge in [0.25, 0.3) is 0 Å². The van der Waals surface area contributed by atoms with Gasteiger partial charge >= 0.3 is 6.09 Å². The van der Waals surface area contributed by atoms with Gasteiger partial charge in [-0.1, -0.05) is 0 Å². The molecule has 1 amide bonds. The van der Waals surface area contributed by atoms with E-state index in [1.807, 2.05) is 6.07 Å². The zero-order valence-corrected chi connectivity index (χ0v) is 8.39. The fourth-order valence-corrected chi connectivity index (χ4v) is 1.69. The summed E-state index contributed by atoms with van der Waals surface area (Å²) in [6.45, 7) is 1.43. The van der Waals surface area contributed by atoms with Gasteiger partial charge < -0.3 is 14.9 Å². The van der Waals surface area contributed by atoms with E-state index in [2.05, 4.69) is 0 Å². The van der Waals surface area contributed by atoms with Crippen molar-refractivity contribution >= 4 is 6.09 Å². The Hall–Kier alpha value is -1.49. The summed E-state index contributed by atoms with van der Waals surface area (Å²) in [6.07, 6.45) is 2.06. The molecule has 82 valence electrons. The molecule has 1 unspecified atom stereocenters. The van der Waals surface area contributed by atoms with Crippen molar-refractivity contribution in [3.8, 4) is 0 Å². The molecule has 1 atom stereocenters. The highest BCUT2D eigenvalue weighted by molar-refractivity contribution is 5.70. The highest BCUT2D eigenvalue weighted by Gasteiger charge is 2.32. The van der Waals surface area contributed by atoms with E-state index >= 15 is 0 Å². The highest BCUT2D eigenvalue weighted by atomic mass is 16.6. The van der Waals surface area contributed by atoms with Crippen LogP contribution in [0.25, 0.3) is 0 Å². The van der Waals surface area contributed by atoms with Gasteiger partial charge in [-0.25, -0.2) is 4.79 Å². The largest absolute Gasteiger partial charge is 0.467 e. The molecular weight excluding hydrogens is 196 g/mol. The zero-order chi connectivity index (χ0) is 10.7. The van der Waals surface area contributed by atoms with Gasteiger partial charge in [-0.2, -0.15) is 0 Å². The summed E-state index contributed by atoms with van der Waals surface area (Å²) in [6, 6.07) is 3.72. The molecule has 0 aliphatic carbocycles. The standard InChI is InChI=1S/C10H14N2O3/c11-4-3-8-7-15-10(13)12(8)6-9-2-1-5-14-9/h1-2,5,8H,3-4,6-7,11H2. The number of cyclic esters (lactones) is 1. The number of carbonyl (C=O) groups excluding carboxylic acids is 1. The molecular formula is C10H14N2O3. The second-order valence-electron chi connectivity index (χ2n) is 3.52. The Labute approximate surface area is 87.8 Å². The molecule has 1 aliphatic heterocycles. The summed E-state index contributed by atoms with van der Waals surface area (Å²) in [5, 5.41) is 0. The smallest absolute Gasteiger partial charge is 0.410 e. The molecule has 0 aromatic carbocycles. The Morgan fingerprint density at radius 3 is 3.13 bits per heavy atom. The van der Waals surface area contributed by atoms with Crippen molar-refractivity contribution in [2.24, 2.45) is 5.73 Å². The average Bonchev–Trinajstić information content (AvgIpc) is 2.83. The van der Waals surface area contributed by atoms with E-state index in [4.69, 9.17) is 14.9 Å². The van der Waals surface area contributed by atoms with Gasteiger partial charge in [0, 0.05) is 0 Å². The number of hydrogen-bond acceptors (Lipinski definition) is 4. The maximum Gasteiger partial charge on any atom is 0.410 e. The first-order chi connectivity index (χ1) is 7.31. The Morgan fingerprint density at radius 2 is 2.47 bits per heavy atom. The van der Waals surface area contributed by atoms with Crippen molar-refractivity contribution in [2.45, 2.75) is 19.0 Å². The Morgan fingerprint density at radius 1 is 1.60 bits per heavy atom. The normalized spacial score (nSPS) is 20.7. The first-order valence-electron chi connectivity index (χ1n) is 4.97. The van der Waals surface area contributed by atoms with Crippen LogP contribution >= 0.6 is 0 Å². The van der Waals surface area contributed by atoms with Crippen LogP contribution in [-0.4, -0.2) is 30.2 Å². The third-order valence-corrected chi connectivity index (χ3v) is 2.48. The number of hydrogen-bond donors (Lipinski definition) is 1. The minimum Gasteiger partial charge on any atom is -0.467 e. The summed E-state index contributed by atoms with van der Waals surface area (Å²) >= 11 is 0. The molecule has 15 heavy (non-hydrogen) atoms. The van der Waals surface area contributed by atoms with Crippen molar-refractivity contribution in [1.82, 2.24) is 4.90 Å². The van der Waals surface area contributed by atoms with Crippen LogP contribution in [0, 0.1) is 0 Å². The van der Waals surface area contributed by atoms with Gasteiger partial charge in [0.15, 0.2) is 0 Å². The number of furan rings is 1. The van der Waals surface area contributed by atoms with Crippen LogP contribution in [0.2, 0.25) is 0 Å². The minimum absolute atomic E-state index is 0.0765. The molecule has 1 fully saturated rings. The maximum atomic E-state index is 11.4. The third kappa shape index (κ3) is 2.12. The molecule has 0 saturated carbocycles. The number of nitrogens with two attached hydrogens (primary N) is 1. The summed E-state index contributed by atoms with van der Waals surface area (Å²) in [7, 11) is 0. The Bertz CT molecular complexity index is 323. The van der Waals surface area contributed by atoms with Crippen LogP contribution in [0.1, 0.15) is 12.2 Å². The van der Waals surface area contributed by atoms with Crippen LogP contribution in [-0.2, 0) is 11.3 Å². The maximum absolute atomic E-state index is 11.4. The summed E-state index contributed by atoms with van der Waals surface area (Å²) in [4.78, 5) is 13.1. The molecule has 2 rings (SSSR count). The lowest BCUT2D eigenvalue weighted by molar-refractivity contribution is 0.153. The highest BCUT2D eigenvalue weighted by Crippen LogP contribution is 2.18. The van der Waals surface area contributed by atoms with Crippen molar-refractivity contribution in [3.05, 3.63) is 24.2 Å². The molecule has 5 nitrogen and oxygen atoms in total. The number of amides is 1. The van der Waals surface area contributed by atoms with Gasteiger partial charge in [0.2, 0.25) is 0 Å². The van der Waals surface area contributed by atoms with Gasteiger partial charge in [-0.3, -0.25) is 4.90 Å². The molecule has 1 aromatic heterocycles. The first kappa shape index (κ1) is 10.0. The molecule has 0 radical (unpaired) electrons. The number of ether oxygens (including phenoxy) is 1. The third-order valence-electron chi connectivity index (χ3n) is 2.48. The quantitative estimate of drug-likeness (QED) is 0.803. The topological polar surface area (TPSA) is 68.7 Å². The zero-order valence-electron chi connectivity index (χ0n) is 8.39. The van der Waals surface area contributed by atoms with E-state index in [-0.39, 0.29) is 12.1 Å². The molecule has 1 aromatic rings. The van der Waals surface area contributed by atoms with Gasteiger partial charge in [-0.15, -0.1) is 0 Å². The van der Waals surface area contributed by atoms with Crippen LogP contribution < -0.4 is 5.73 Å². The average molecular weight is 210 g/mol. The van der Waals surface area contributed by atoms with E-state index < -0.39 is 0 Å². The lowest BCUT2D eigenvalue weighted by Gasteiger charge is -2.19. The summed E-state index contributed by atoms with van der Waals surface area (Å²) < 4.78 is 10.2. The summed E-state index contributed by atoms with van der Waals surface area (Å²) in [5.41, 5.74) is 5.47.